The quantitative estimate of drug-likeness (QED) is 0.735. The minimum absolute atomic E-state index is 0.554. The first-order chi connectivity index (χ1) is 7.84. The molecule has 1 aliphatic carbocycles. The molecule has 0 saturated heterocycles. The number of rotatable bonds is 1. The van der Waals surface area contributed by atoms with Gasteiger partial charge in [0, 0.05) is 5.92 Å². The van der Waals surface area contributed by atoms with Gasteiger partial charge in [-0.05, 0) is 31.9 Å². The van der Waals surface area contributed by atoms with Gasteiger partial charge in [0.05, 0.1) is 5.69 Å². The maximum atomic E-state index is 4.50. The van der Waals surface area contributed by atoms with Crippen LogP contribution < -0.4 is 0 Å². The fourth-order valence-corrected chi connectivity index (χ4v) is 2.51. The standard InChI is InChI=1S/C12H16N4/c1-9-7-8-11-13-14-12(16(11)15-9)10-5-3-2-4-6-10/h7-8,10H,2-6H2,1H3. The topological polar surface area (TPSA) is 43.1 Å². The van der Waals surface area contributed by atoms with Gasteiger partial charge in [-0.15, -0.1) is 10.2 Å². The normalized spacial score (nSPS) is 18.1. The maximum absolute atomic E-state index is 4.50. The molecule has 16 heavy (non-hydrogen) atoms. The zero-order valence-electron chi connectivity index (χ0n) is 9.56. The van der Waals surface area contributed by atoms with E-state index in [-0.39, 0.29) is 0 Å². The van der Waals surface area contributed by atoms with Crippen molar-refractivity contribution in [2.24, 2.45) is 0 Å². The molecule has 0 atom stereocenters. The van der Waals surface area contributed by atoms with Gasteiger partial charge >= 0.3 is 0 Å². The summed E-state index contributed by atoms with van der Waals surface area (Å²) >= 11 is 0. The smallest absolute Gasteiger partial charge is 0.177 e. The van der Waals surface area contributed by atoms with Crippen molar-refractivity contribution in [3.05, 3.63) is 23.7 Å². The highest BCUT2D eigenvalue weighted by atomic mass is 15.4. The van der Waals surface area contributed by atoms with Crippen molar-refractivity contribution in [3.8, 4) is 0 Å². The summed E-state index contributed by atoms with van der Waals surface area (Å²) in [5.74, 6) is 1.61. The van der Waals surface area contributed by atoms with E-state index in [0.717, 1.165) is 17.2 Å². The average molecular weight is 216 g/mol. The summed E-state index contributed by atoms with van der Waals surface area (Å²) in [7, 11) is 0. The molecular formula is C12H16N4. The molecular weight excluding hydrogens is 200 g/mol. The highest BCUT2D eigenvalue weighted by Crippen LogP contribution is 2.31. The van der Waals surface area contributed by atoms with Crippen molar-refractivity contribution >= 4 is 5.65 Å². The molecule has 84 valence electrons. The number of hydrogen-bond acceptors (Lipinski definition) is 3. The van der Waals surface area contributed by atoms with Crippen LogP contribution in [0.4, 0.5) is 0 Å². The van der Waals surface area contributed by atoms with Crippen LogP contribution in [0, 0.1) is 6.92 Å². The van der Waals surface area contributed by atoms with E-state index in [9.17, 15) is 0 Å². The van der Waals surface area contributed by atoms with Gasteiger partial charge in [-0.25, -0.2) is 0 Å². The second-order valence-corrected chi connectivity index (χ2v) is 4.64. The van der Waals surface area contributed by atoms with Gasteiger partial charge in [-0.2, -0.15) is 9.61 Å². The van der Waals surface area contributed by atoms with Crippen molar-refractivity contribution < 1.29 is 0 Å². The molecule has 4 heteroatoms. The molecule has 0 aromatic carbocycles. The fourth-order valence-electron chi connectivity index (χ4n) is 2.51. The zero-order chi connectivity index (χ0) is 11.0. The zero-order valence-corrected chi connectivity index (χ0v) is 9.56. The monoisotopic (exact) mass is 216 g/mol. The van der Waals surface area contributed by atoms with Crippen molar-refractivity contribution in [2.45, 2.75) is 44.9 Å². The summed E-state index contributed by atoms with van der Waals surface area (Å²) in [4.78, 5) is 0. The number of hydrogen-bond donors (Lipinski definition) is 0. The SMILES string of the molecule is Cc1ccc2nnc(C3CCCCC3)n2n1. The van der Waals surface area contributed by atoms with E-state index < -0.39 is 0 Å². The molecule has 3 rings (SSSR count). The predicted molar refractivity (Wildman–Crippen MR) is 61.3 cm³/mol. The van der Waals surface area contributed by atoms with Crippen molar-refractivity contribution in [1.29, 1.82) is 0 Å². The second-order valence-electron chi connectivity index (χ2n) is 4.64. The van der Waals surface area contributed by atoms with Gasteiger partial charge < -0.3 is 0 Å². The highest BCUT2D eigenvalue weighted by molar-refractivity contribution is 5.36. The molecule has 4 nitrogen and oxygen atoms in total. The Labute approximate surface area is 94.7 Å². The van der Waals surface area contributed by atoms with E-state index in [1.165, 1.54) is 32.1 Å². The minimum Gasteiger partial charge on any atom is -0.197 e. The first kappa shape index (κ1) is 9.75. The molecule has 0 N–H and O–H groups in total. The number of nitrogens with zero attached hydrogens (tertiary/aromatic N) is 4. The van der Waals surface area contributed by atoms with Gasteiger partial charge in [0.2, 0.25) is 0 Å². The van der Waals surface area contributed by atoms with Crippen LogP contribution in [0.25, 0.3) is 5.65 Å². The first-order valence-corrected chi connectivity index (χ1v) is 6.03. The van der Waals surface area contributed by atoms with Crippen molar-refractivity contribution in [3.63, 3.8) is 0 Å². The third-order valence-corrected chi connectivity index (χ3v) is 3.39. The third-order valence-electron chi connectivity index (χ3n) is 3.39. The summed E-state index contributed by atoms with van der Waals surface area (Å²) in [6.07, 6.45) is 6.45. The summed E-state index contributed by atoms with van der Waals surface area (Å²) in [6.45, 7) is 2.00. The fraction of sp³-hybridized carbons (Fsp3) is 0.583. The van der Waals surface area contributed by atoms with Gasteiger partial charge in [0.15, 0.2) is 11.5 Å². The molecule has 0 radical (unpaired) electrons. The Hall–Kier alpha value is -1.45. The van der Waals surface area contributed by atoms with Crippen LogP contribution in [0.5, 0.6) is 0 Å². The Morgan fingerprint density at radius 1 is 1.12 bits per heavy atom. The molecule has 1 fully saturated rings. The highest BCUT2D eigenvalue weighted by Gasteiger charge is 2.21. The van der Waals surface area contributed by atoms with E-state index in [1.54, 1.807) is 0 Å². The van der Waals surface area contributed by atoms with Gasteiger partial charge in [0.25, 0.3) is 0 Å². The Kier molecular flexibility index (Phi) is 2.35. The lowest BCUT2D eigenvalue weighted by Crippen LogP contribution is -2.10. The van der Waals surface area contributed by atoms with Crippen LogP contribution in [0.1, 0.15) is 49.5 Å². The number of aromatic nitrogens is 4. The summed E-state index contributed by atoms with van der Waals surface area (Å²) in [6, 6.07) is 3.97. The molecule has 0 unspecified atom stereocenters. The maximum Gasteiger partial charge on any atom is 0.177 e. The van der Waals surface area contributed by atoms with Gasteiger partial charge in [-0.1, -0.05) is 19.3 Å². The second kappa shape index (κ2) is 3.85. The Morgan fingerprint density at radius 3 is 2.75 bits per heavy atom. The van der Waals surface area contributed by atoms with E-state index in [4.69, 9.17) is 0 Å². The molecule has 0 spiro atoms. The van der Waals surface area contributed by atoms with Gasteiger partial charge in [-0.3, -0.25) is 0 Å². The van der Waals surface area contributed by atoms with Crippen molar-refractivity contribution in [1.82, 2.24) is 19.8 Å². The average Bonchev–Trinajstić information content (AvgIpc) is 2.73. The number of aryl methyl sites for hydroxylation is 1. The van der Waals surface area contributed by atoms with Crippen molar-refractivity contribution in [2.75, 3.05) is 0 Å². The minimum atomic E-state index is 0.554. The molecule has 1 saturated carbocycles. The number of fused-ring (bicyclic) bond motifs is 1. The van der Waals surface area contributed by atoms with Crippen LogP contribution in [0.3, 0.4) is 0 Å². The lowest BCUT2D eigenvalue weighted by molar-refractivity contribution is 0.422. The molecule has 2 aromatic heterocycles. The summed E-state index contributed by atoms with van der Waals surface area (Å²) < 4.78 is 1.92. The lowest BCUT2D eigenvalue weighted by atomic mass is 9.89. The van der Waals surface area contributed by atoms with Crippen LogP contribution in [0.15, 0.2) is 12.1 Å². The molecule has 2 heterocycles. The molecule has 0 bridgehead atoms. The Morgan fingerprint density at radius 2 is 1.94 bits per heavy atom. The van der Waals surface area contributed by atoms with Crippen LogP contribution in [-0.2, 0) is 0 Å². The first-order valence-electron chi connectivity index (χ1n) is 6.03. The van der Waals surface area contributed by atoms with E-state index in [2.05, 4.69) is 15.3 Å². The molecule has 0 aliphatic heterocycles. The predicted octanol–water partition coefficient (Wildman–Crippen LogP) is 2.48. The third kappa shape index (κ3) is 1.58. The Balaban J connectivity index is 2.05. The van der Waals surface area contributed by atoms with E-state index in [0.29, 0.717) is 5.92 Å². The largest absolute Gasteiger partial charge is 0.197 e. The summed E-state index contributed by atoms with van der Waals surface area (Å²) in [5.41, 5.74) is 1.88. The van der Waals surface area contributed by atoms with Crippen LogP contribution in [-0.4, -0.2) is 19.8 Å². The van der Waals surface area contributed by atoms with Gasteiger partial charge in [0.1, 0.15) is 0 Å². The van der Waals surface area contributed by atoms with E-state index in [1.807, 2.05) is 23.6 Å². The molecule has 2 aromatic rings. The van der Waals surface area contributed by atoms with Crippen LogP contribution in [0.2, 0.25) is 0 Å². The molecule has 0 amide bonds. The molecule has 1 aliphatic rings. The van der Waals surface area contributed by atoms with Crippen LogP contribution >= 0.6 is 0 Å². The Bertz CT molecular complexity index is 497. The summed E-state index contributed by atoms with van der Waals surface area (Å²) in [5, 5.41) is 13.0. The lowest BCUT2D eigenvalue weighted by Gasteiger charge is -2.19. The van der Waals surface area contributed by atoms with E-state index >= 15 is 0 Å².